The molecule has 9 heteroatoms. The van der Waals surface area contributed by atoms with Crippen molar-refractivity contribution in [1.82, 2.24) is 0 Å². The van der Waals surface area contributed by atoms with Gasteiger partial charge in [-0.3, -0.25) is 0 Å². The molecule has 0 aromatic carbocycles. The summed E-state index contributed by atoms with van der Waals surface area (Å²) in [6.45, 7) is 0. The minimum absolute atomic E-state index is 2.17. The van der Waals surface area contributed by atoms with E-state index in [-0.39, 0.29) is 0 Å². The monoisotopic (exact) mass is 197 g/mol. The summed E-state index contributed by atoms with van der Waals surface area (Å²) < 4.78 is 39.2. The third kappa shape index (κ3) is 10600. The van der Waals surface area contributed by atoms with Gasteiger partial charge in [0.2, 0.25) is 0 Å². The first-order chi connectivity index (χ1) is 3.73. The molecule has 0 fully saturated rings. The van der Waals surface area contributed by atoms with Crippen molar-refractivity contribution in [3.05, 3.63) is 0 Å². The summed E-state index contributed by atoms with van der Waals surface area (Å²) in [4.78, 5) is 0. The number of rotatable bonds is 0. The predicted molar refractivity (Wildman–Crippen MR) is 16.8 cm³/mol. The molecule has 0 aliphatic carbocycles. The molecule has 0 saturated heterocycles. The fourth-order valence-electron chi connectivity index (χ4n) is 0. The van der Waals surface area contributed by atoms with Gasteiger partial charge in [-0.15, -0.1) is 0 Å². The van der Waals surface area contributed by atoms with Crippen LogP contribution in [0.4, 0.5) is 14.3 Å². The van der Waals surface area contributed by atoms with E-state index >= 15 is 0 Å². The van der Waals surface area contributed by atoms with Gasteiger partial charge in [0.1, 0.15) is 0 Å². The molecular formula is H3BCoF4O3. The van der Waals surface area contributed by atoms with E-state index in [1.807, 2.05) is 0 Å². The molecule has 0 spiro atoms. The Morgan fingerprint density at radius 1 is 0.889 bits per heavy atom. The molecule has 61 valence electrons. The average molecular weight is 197 g/mol. The Morgan fingerprint density at radius 3 is 0.889 bits per heavy atom. The maximum absolute atomic E-state index is 9.80. The van der Waals surface area contributed by atoms with E-state index in [1.165, 1.54) is 0 Å². The van der Waals surface area contributed by atoms with Crippen molar-refractivity contribution in [2.75, 3.05) is 0 Å². The molecule has 0 aromatic heterocycles. The Hall–Kier alpha value is 0.171. The Morgan fingerprint density at radius 2 is 0.889 bits per heavy atom. The van der Waals surface area contributed by atoms with Gasteiger partial charge in [-0.2, -0.15) is 0 Å². The Labute approximate surface area is 52.1 Å². The van der Waals surface area contributed by atoms with E-state index in [2.05, 4.69) is 0 Å². The molecule has 0 rings (SSSR count). The van der Waals surface area contributed by atoms with E-state index < -0.39 is 21.7 Å². The van der Waals surface area contributed by atoms with Gasteiger partial charge >= 0.3 is 36.1 Å². The molecule has 0 aromatic rings. The van der Waals surface area contributed by atoms with E-state index in [1.54, 1.807) is 0 Å². The van der Waals surface area contributed by atoms with Crippen molar-refractivity contribution in [2.24, 2.45) is 0 Å². The first kappa shape index (κ1) is 11.9. The topological polar surface area (TPSA) is 60.7 Å². The molecular weight excluding hydrogens is 194 g/mol. The van der Waals surface area contributed by atoms with Crippen molar-refractivity contribution >= 4 is 7.32 Å². The van der Waals surface area contributed by atoms with Crippen LogP contribution in [0, 0.1) is 0 Å². The van der Waals surface area contributed by atoms with Gasteiger partial charge in [0.05, 0.1) is 0 Å². The molecule has 0 bridgehead atoms. The van der Waals surface area contributed by atoms with Gasteiger partial charge < -0.3 is 15.1 Å². The van der Waals surface area contributed by atoms with Gasteiger partial charge in [0, 0.05) is 0 Å². The maximum atomic E-state index is 9.80. The van der Waals surface area contributed by atoms with Crippen LogP contribution in [0.2, 0.25) is 0 Å². The molecule has 9 heavy (non-hydrogen) atoms. The first-order valence-electron chi connectivity index (χ1n) is 1.28. The molecule has 3 N–H and O–H groups in total. The average Bonchev–Trinajstić information content (AvgIpc) is 1.19. The fraction of sp³-hybridized carbons (Fsp3) is 0. The van der Waals surface area contributed by atoms with E-state index in [4.69, 9.17) is 15.1 Å². The molecule has 0 aliphatic rings. The van der Waals surface area contributed by atoms with Crippen molar-refractivity contribution in [1.29, 1.82) is 0 Å². The van der Waals surface area contributed by atoms with Crippen LogP contribution in [0.5, 0.6) is 0 Å². The van der Waals surface area contributed by atoms with E-state index in [0.29, 0.717) is 0 Å². The fourth-order valence-corrected chi connectivity index (χ4v) is 0. The number of hydrogen-bond donors (Lipinski definition) is 3. The summed E-state index contributed by atoms with van der Waals surface area (Å²) >= 11 is -6.38. The van der Waals surface area contributed by atoms with E-state index in [0.717, 1.165) is 0 Å². The summed E-state index contributed by atoms with van der Waals surface area (Å²) in [5, 5.41) is 21.5. The van der Waals surface area contributed by atoms with Gasteiger partial charge in [-0.1, -0.05) is 0 Å². The summed E-state index contributed by atoms with van der Waals surface area (Å²) in [6, 6.07) is 0. The van der Waals surface area contributed by atoms with Crippen LogP contribution in [0.3, 0.4) is 0 Å². The van der Waals surface area contributed by atoms with Crippen LogP contribution < -0.4 is 0 Å². The summed E-state index contributed by atoms with van der Waals surface area (Å²) in [5.74, 6) is 0. The van der Waals surface area contributed by atoms with Crippen LogP contribution in [-0.2, 0) is 14.4 Å². The van der Waals surface area contributed by atoms with Crippen molar-refractivity contribution in [3.8, 4) is 0 Å². The van der Waals surface area contributed by atoms with Gasteiger partial charge in [0.15, 0.2) is 0 Å². The van der Waals surface area contributed by atoms with Crippen molar-refractivity contribution < 1.29 is 43.8 Å². The molecule has 0 atom stereocenters. The summed E-state index contributed by atoms with van der Waals surface area (Å²) in [5.41, 5.74) is 0. The zero-order chi connectivity index (χ0) is 8.08. The second kappa shape index (κ2) is 5.00. The zero-order valence-electron chi connectivity index (χ0n) is 3.76. The van der Waals surface area contributed by atoms with Gasteiger partial charge in [0.25, 0.3) is 0 Å². The SMILES string of the molecule is OB(O)O.[F][Co]([F])([F])[F]. The molecule has 0 unspecified atom stereocenters. The molecule has 3 nitrogen and oxygen atoms in total. The third-order valence-corrected chi connectivity index (χ3v) is 0. The predicted octanol–water partition coefficient (Wildman–Crippen LogP) is -0.373. The second-order valence-electron chi connectivity index (χ2n) is 0.632. The van der Waals surface area contributed by atoms with Crippen LogP contribution in [0.1, 0.15) is 0 Å². The van der Waals surface area contributed by atoms with Crippen LogP contribution in [-0.4, -0.2) is 22.4 Å². The summed E-state index contributed by atoms with van der Waals surface area (Å²) in [7, 11) is -2.17. The van der Waals surface area contributed by atoms with Crippen molar-refractivity contribution in [2.45, 2.75) is 0 Å². The van der Waals surface area contributed by atoms with E-state index in [9.17, 15) is 14.3 Å². The normalized spacial score (nSPS) is 11.4. The standard InChI is InChI=1S/BH3O3.Co.4FH/c2-1(3)4;;;;;/h2-4H;;4*1H/q;+4;;;;/p-4. The number of hydrogen-bond acceptors (Lipinski definition) is 3. The molecule has 0 heterocycles. The quantitative estimate of drug-likeness (QED) is 0.366. The van der Waals surface area contributed by atoms with Gasteiger partial charge in [-0.05, 0) is 0 Å². The van der Waals surface area contributed by atoms with Gasteiger partial charge in [-0.25, -0.2) is 0 Å². The summed E-state index contributed by atoms with van der Waals surface area (Å²) in [6.07, 6.45) is 0. The number of halogens is 4. The molecule has 0 radical (unpaired) electrons. The van der Waals surface area contributed by atoms with Crippen molar-refractivity contribution in [3.63, 3.8) is 0 Å². The van der Waals surface area contributed by atoms with Crippen LogP contribution >= 0.6 is 0 Å². The Kier molecular flexibility index (Phi) is 6.61. The minimum atomic E-state index is -6.38. The Bertz CT molecular complexity index is 52.6. The molecule has 0 aliphatic heterocycles. The zero-order valence-corrected chi connectivity index (χ0v) is 4.81. The first-order valence-corrected chi connectivity index (χ1v) is 2.85. The third-order valence-electron chi connectivity index (χ3n) is 0. The Balaban J connectivity index is 0. The second-order valence-corrected chi connectivity index (χ2v) is 1.52. The van der Waals surface area contributed by atoms with Crippen LogP contribution in [0.25, 0.3) is 0 Å². The molecule has 0 saturated carbocycles. The van der Waals surface area contributed by atoms with Crippen LogP contribution in [0.15, 0.2) is 0 Å². The molecule has 0 amide bonds.